The number of rotatable bonds is 3. The predicted octanol–water partition coefficient (Wildman–Crippen LogP) is 1.13. The molecule has 0 aromatic carbocycles. The molecule has 5 heteroatoms. The summed E-state index contributed by atoms with van der Waals surface area (Å²) < 4.78 is 5.22. The molecule has 1 aromatic heterocycles. The van der Waals surface area contributed by atoms with E-state index in [1.165, 1.54) is 7.11 Å². The van der Waals surface area contributed by atoms with Gasteiger partial charge in [-0.3, -0.25) is 0 Å². The molecule has 0 aliphatic heterocycles. The highest BCUT2D eigenvalue weighted by Gasteiger charge is 2.08. The van der Waals surface area contributed by atoms with E-state index in [-0.39, 0.29) is 5.97 Å². The average molecular weight is 259 g/mol. The Hall–Kier alpha value is -0.940. The van der Waals surface area contributed by atoms with Gasteiger partial charge in [-0.05, 0) is 34.6 Å². The van der Waals surface area contributed by atoms with E-state index < -0.39 is 0 Å². The van der Waals surface area contributed by atoms with Crippen LogP contribution in [0.1, 0.15) is 16.1 Å². The normalized spacial score (nSPS) is 9.93. The molecular formula is C9H11BrN2O2. The summed E-state index contributed by atoms with van der Waals surface area (Å²) in [5.41, 5.74) is 6.66. The highest BCUT2D eigenvalue weighted by atomic mass is 79.9. The zero-order valence-corrected chi connectivity index (χ0v) is 9.37. The monoisotopic (exact) mass is 258 g/mol. The summed E-state index contributed by atoms with van der Waals surface area (Å²) in [7, 11) is 1.35. The van der Waals surface area contributed by atoms with Crippen LogP contribution in [0.4, 0.5) is 0 Å². The van der Waals surface area contributed by atoms with Crippen molar-refractivity contribution in [3.63, 3.8) is 0 Å². The van der Waals surface area contributed by atoms with Crippen LogP contribution >= 0.6 is 15.9 Å². The molecule has 76 valence electrons. The maximum absolute atomic E-state index is 11.2. The summed E-state index contributed by atoms with van der Waals surface area (Å²) >= 11 is 3.22. The highest BCUT2D eigenvalue weighted by Crippen LogP contribution is 2.12. The molecule has 1 heterocycles. The molecule has 0 spiro atoms. The summed E-state index contributed by atoms with van der Waals surface area (Å²) in [6.07, 6.45) is 0.642. The van der Waals surface area contributed by atoms with Gasteiger partial charge in [0, 0.05) is 12.1 Å². The molecule has 2 N–H and O–H groups in total. The summed E-state index contributed by atoms with van der Waals surface area (Å²) in [5.74, 6) is -0.369. The van der Waals surface area contributed by atoms with Crippen LogP contribution in [0.15, 0.2) is 16.7 Å². The number of nitrogens with two attached hydrogens (primary N) is 1. The van der Waals surface area contributed by atoms with Crippen molar-refractivity contribution in [3.8, 4) is 0 Å². The number of carbonyl (C=O) groups is 1. The van der Waals surface area contributed by atoms with Crippen molar-refractivity contribution in [1.82, 2.24) is 4.98 Å². The Kier molecular flexibility index (Phi) is 4.03. The Balaban J connectivity index is 3.00. The molecule has 1 aromatic rings. The maximum Gasteiger partial charge on any atom is 0.338 e. The number of nitrogens with zero attached hydrogens (tertiary/aromatic N) is 1. The first-order valence-corrected chi connectivity index (χ1v) is 4.91. The number of ether oxygens (including phenoxy) is 1. The first-order valence-electron chi connectivity index (χ1n) is 4.12. The van der Waals surface area contributed by atoms with Gasteiger partial charge in [-0.2, -0.15) is 0 Å². The maximum atomic E-state index is 11.2. The number of esters is 1. The molecule has 0 saturated carbocycles. The third kappa shape index (κ3) is 2.78. The minimum atomic E-state index is -0.369. The van der Waals surface area contributed by atoms with Crippen molar-refractivity contribution in [1.29, 1.82) is 0 Å². The van der Waals surface area contributed by atoms with Crippen molar-refractivity contribution in [2.45, 2.75) is 6.42 Å². The molecule has 0 aliphatic carbocycles. The number of pyridine rings is 1. The third-order valence-electron chi connectivity index (χ3n) is 1.67. The Morgan fingerprint density at radius 1 is 1.64 bits per heavy atom. The number of carbonyl (C=O) groups excluding carboxylic acids is 1. The van der Waals surface area contributed by atoms with Crippen molar-refractivity contribution in [2.24, 2.45) is 5.73 Å². The number of aromatic nitrogens is 1. The molecule has 14 heavy (non-hydrogen) atoms. The van der Waals surface area contributed by atoms with E-state index in [9.17, 15) is 4.79 Å². The van der Waals surface area contributed by atoms with Crippen LogP contribution in [-0.4, -0.2) is 24.6 Å². The van der Waals surface area contributed by atoms with Crippen LogP contribution in [0, 0.1) is 0 Å². The van der Waals surface area contributed by atoms with E-state index in [1.54, 1.807) is 12.1 Å². The van der Waals surface area contributed by atoms with E-state index >= 15 is 0 Å². The average Bonchev–Trinajstić information content (AvgIpc) is 2.16. The second-order valence-corrected chi connectivity index (χ2v) is 3.51. The van der Waals surface area contributed by atoms with Crippen LogP contribution in [-0.2, 0) is 11.2 Å². The molecule has 1 rings (SSSR count). The molecule has 0 radical (unpaired) electrons. The highest BCUT2D eigenvalue weighted by molar-refractivity contribution is 9.10. The molecule has 0 saturated heterocycles. The lowest BCUT2D eigenvalue weighted by Gasteiger charge is -2.03. The van der Waals surface area contributed by atoms with E-state index in [1.807, 2.05) is 0 Å². The summed E-state index contributed by atoms with van der Waals surface area (Å²) in [6, 6.07) is 3.30. The Morgan fingerprint density at radius 2 is 2.36 bits per heavy atom. The molecular weight excluding hydrogens is 248 g/mol. The van der Waals surface area contributed by atoms with Crippen molar-refractivity contribution < 1.29 is 9.53 Å². The van der Waals surface area contributed by atoms with Gasteiger partial charge in [0.1, 0.15) is 4.60 Å². The number of methoxy groups -OCH3 is 1. The van der Waals surface area contributed by atoms with Gasteiger partial charge in [0.25, 0.3) is 0 Å². The van der Waals surface area contributed by atoms with Crippen molar-refractivity contribution in [3.05, 3.63) is 28.0 Å². The summed E-state index contributed by atoms with van der Waals surface area (Å²) in [6.45, 7) is 0.504. The van der Waals surface area contributed by atoms with Crippen molar-refractivity contribution in [2.75, 3.05) is 13.7 Å². The lowest BCUT2D eigenvalue weighted by Crippen LogP contribution is -2.07. The number of hydrogen-bond acceptors (Lipinski definition) is 4. The lowest BCUT2D eigenvalue weighted by atomic mass is 10.2. The summed E-state index contributed by atoms with van der Waals surface area (Å²) in [4.78, 5) is 15.4. The molecule has 0 fully saturated rings. The molecule has 0 amide bonds. The minimum Gasteiger partial charge on any atom is -0.465 e. The molecule has 0 aliphatic rings. The van der Waals surface area contributed by atoms with Crippen LogP contribution in [0.25, 0.3) is 0 Å². The molecule has 4 nitrogen and oxygen atoms in total. The van der Waals surface area contributed by atoms with E-state index in [0.717, 1.165) is 5.69 Å². The fourth-order valence-electron chi connectivity index (χ4n) is 1.06. The first-order chi connectivity index (χ1) is 6.67. The van der Waals surface area contributed by atoms with E-state index in [4.69, 9.17) is 5.73 Å². The Labute approximate surface area is 90.6 Å². The largest absolute Gasteiger partial charge is 0.465 e. The standard InChI is InChI=1S/C9H11BrN2O2/c1-14-9(13)6-4-7(2-3-11)12-8(10)5-6/h4-5H,2-3,11H2,1H3. The van der Waals surface area contributed by atoms with Gasteiger partial charge < -0.3 is 10.5 Å². The zero-order valence-electron chi connectivity index (χ0n) is 7.79. The van der Waals surface area contributed by atoms with Crippen LogP contribution in [0.5, 0.6) is 0 Å². The Bertz CT molecular complexity index is 342. The Morgan fingerprint density at radius 3 is 2.93 bits per heavy atom. The van der Waals surface area contributed by atoms with Gasteiger partial charge in [0.2, 0.25) is 0 Å². The van der Waals surface area contributed by atoms with Crippen molar-refractivity contribution >= 4 is 21.9 Å². The van der Waals surface area contributed by atoms with Gasteiger partial charge in [-0.25, -0.2) is 9.78 Å². The van der Waals surface area contributed by atoms with E-state index in [2.05, 4.69) is 25.7 Å². The number of halogens is 1. The van der Waals surface area contributed by atoms with Gasteiger partial charge in [0.15, 0.2) is 0 Å². The van der Waals surface area contributed by atoms with Gasteiger partial charge >= 0.3 is 5.97 Å². The lowest BCUT2D eigenvalue weighted by molar-refractivity contribution is 0.0600. The fourth-order valence-corrected chi connectivity index (χ4v) is 1.54. The zero-order chi connectivity index (χ0) is 10.6. The minimum absolute atomic E-state index is 0.369. The molecule has 0 bridgehead atoms. The SMILES string of the molecule is COC(=O)c1cc(Br)nc(CCN)c1. The topological polar surface area (TPSA) is 65.2 Å². The second kappa shape index (κ2) is 5.07. The van der Waals surface area contributed by atoms with Crippen LogP contribution < -0.4 is 5.73 Å². The van der Waals surface area contributed by atoms with Gasteiger partial charge in [-0.1, -0.05) is 0 Å². The quantitative estimate of drug-likeness (QED) is 0.652. The van der Waals surface area contributed by atoms with E-state index in [0.29, 0.717) is 23.1 Å². The van der Waals surface area contributed by atoms with Gasteiger partial charge in [-0.15, -0.1) is 0 Å². The third-order valence-corrected chi connectivity index (χ3v) is 2.07. The molecule has 0 atom stereocenters. The fraction of sp³-hybridized carbons (Fsp3) is 0.333. The smallest absolute Gasteiger partial charge is 0.338 e. The first kappa shape index (κ1) is 11.1. The van der Waals surface area contributed by atoms with Crippen LogP contribution in [0.2, 0.25) is 0 Å². The number of hydrogen-bond donors (Lipinski definition) is 1. The van der Waals surface area contributed by atoms with Crippen LogP contribution in [0.3, 0.4) is 0 Å². The summed E-state index contributed by atoms with van der Waals surface area (Å²) in [5, 5.41) is 0. The molecule has 0 unspecified atom stereocenters. The second-order valence-electron chi connectivity index (χ2n) is 2.70. The van der Waals surface area contributed by atoms with Gasteiger partial charge in [0.05, 0.1) is 12.7 Å². The predicted molar refractivity (Wildman–Crippen MR) is 56.0 cm³/mol.